The quantitative estimate of drug-likeness (QED) is 0.688. The minimum atomic E-state index is -0.327. The summed E-state index contributed by atoms with van der Waals surface area (Å²) in [6, 6.07) is -0.327. The summed E-state index contributed by atoms with van der Waals surface area (Å²) in [6.45, 7) is 4.45. The Hall–Kier alpha value is -1.43. The van der Waals surface area contributed by atoms with E-state index in [1.54, 1.807) is 31.8 Å². The number of aromatic nitrogens is 3. The molecular weight excluding hydrogens is 196 g/mol. The number of aryl methyl sites for hydroxylation is 1. The van der Waals surface area contributed by atoms with Gasteiger partial charge in [0.15, 0.2) is 0 Å². The first-order chi connectivity index (χ1) is 7.13. The van der Waals surface area contributed by atoms with E-state index >= 15 is 0 Å². The van der Waals surface area contributed by atoms with Gasteiger partial charge in [0.2, 0.25) is 0 Å². The molecule has 1 N–H and O–H groups in total. The molecule has 0 aliphatic carbocycles. The molecule has 0 amide bonds. The molecule has 0 radical (unpaired) electrons. The molecule has 1 aromatic heterocycles. The molecule has 0 aliphatic heterocycles. The zero-order valence-electron chi connectivity index (χ0n) is 9.23. The molecule has 0 bridgehead atoms. The molecule has 0 aromatic carbocycles. The molecule has 0 spiro atoms. The maximum absolute atomic E-state index is 11.2. The van der Waals surface area contributed by atoms with Gasteiger partial charge in [0.05, 0.1) is 12.3 Å². The molecule has 15 heavy (non-hydrogen) atoms. The van der Waals surface area contributed by atoms with E-state index in [2.05, 4.69) is 15.6 Å². The Morgan fingerprint density at radius 3 is 3.00 bits per heavy atom. The van der Waals surface area contributed by atoms with Crippen molar-refractivity contribution < 1.29 is 9.53 Å². The van der Waals surface area contributed by atoms with Crippen LogP contribution in [0.25, 0.3) is 0 Å². The summed E-state index contributed by atoms with van der Waals surface area (Å²) in [6.07, 6.45) is 1.80. The summed E-state index contributed by atoms with van der Waals surface area (Å²) >= 11 is 0. The van der Waals surface area contributed by atoms with Crippen LogP contribution in [0, 0.1) is 0 Å². The number of hydrogen-bond donors (Lipinski definition) is 1. The van der Waals surface area contributed by atoms with Gasteiger partial charge in [-0.2, -0.15) is 0 Å². The normalized spacial score (nSPS) is 12.5. The zero-order chi connectivity index (χ0) is 11.3. The van der Waals surface area contributed by atoms with Crippen molar-refractivity contribution >= 4 is 5.97 Å². The molecule has 0 aliphatic rings. The lowest BCUT2D eigenvalue weighted by Gasteiger charge is -2.10. The monoisotopic (exact) mass is 212 g/mol. The van der Waals surface area contributed by atoms with Crippen LogP contribution in [0.3, 0.4) is 0 Å². The Kier molecular flexibility index (Phi) is 4.23. The van der Waals surface area contributed by atoms with Gasteiger partial charge in [-0.05, 0) is 13.8 Å². The Balaban J connectivity index is 2.33. The number of nitrogens with zero attached hydrogens (tertiary/aromatic N) is 3. The highest BCUT2D eigenvalue weighted by molar-refractivity contribution is 5.75. The Morgan fingerprint density at radius 1 is 1.73 bits per heavy atom. The van der Waals surface area contributed by atoms with Gasteiger partial charge < -0.3 is 4.74 Å². The number of esters is 1. The van der Waals surface area contributed by atoms with Crippen molar-refractivity contribution in [3.05, 3.63) is 11.9 Å². The third-order valence-corrected chi connectivity index (χ3v) is 1.88. The predicted molar refractivity (Wildman–Crippen MR) is 53.9 cm³/mol. The van der Waals surface area contributed by atoms with E-state index in [0.29, 0.717) is 13.2 Å². The van der Waals surface area contributed by atoms with Crippen molar-refractivity contribution in [3.63, 3.8) is 0 Å². The van der Waals surface area contributed by atoms with Gasteiger partial charge in [0, 0.05) is 19.8 Å². The van der Waals surface area contributed by atoms with Crippen LogP contribution in [0.15, 0.2) is 6.20 Å². The molecule has 6 nitrogen and oxygen atoms in total. The van der Waals surface area contributed by atoms with E-state index in [1.807, 2.05) is 0 Å². The third kappa shape index (κ3) is 3.67. The van der Waals surface area contributed by atoms with Gasteiger partial charge in [-0.3, -0.25) is 14.8 Å². The number of rotatable bonds is 5. The van der Waals surface area contributed by atoms with E-state index in [4.69, 9.17) is 4.74 Å². The molecule has 0 saturated heterocycles. The molecule has 6 heteroatoms. The van der Waals surface area contributed by atoms with Gasteiger partial charge in [0.25, 0.3) is 0 Å². The maximum atomic E-state index is 11.2. The van der Waals surface area contributed by atoms with E-state index in [9.17, 15) is 4.79 Å². The van der Waals surface area contributed by atoms with Crippen molar-refractivity contribution in [2.24, 2.45) is 7.05 Å². The summed E-state index contributed by atoms with van der Waals surface area (Å²) < 4.78 is 6.47. The summed E-state index contributed by atoms with van der Waals surface area (Å²) in [4.78, 5) is 11.2. The van der Waals surface area contributed by atoms with Crippen molar-refractivity contribution in [1.82, 2.24) is 20.3 Å². The van der Waals surface area contributed by atoms with E-state index in [1.165, 1.54) is 0 Å². The van der Waals surface area contributed by atoms with Crippen molar-refractivity contribution in [1.29, 1.82) is 0 Å². The van der Waals surface area contributed by atoms with Gasteiger partial charge >= 0.3 is 5.97 Å². The third-order valence-electron chi connectivity index (χ3n) is 1.88. The fourth-order valence-electron chi connectivity index (χ4n) is 1.08. The molecule has 0 saturated carbocycles. The fraction of sp³-hybridized carbons (Fsp3) is 0.667. The summed E-state index contributed by atoms with van der Waals surface area (Å²) in [5, 5.41) is 10.7. The zero-order valence-corrected chi connectivity index (χ0v) is 9.23. The van der Waals surface area contributed by atoms with Gasteiger partial charge in [-0.15, -0.1) is 5.10 Å². The number of ether oxygens (including phenoxy) is 1. The van der Waals surface area contributed by atoms with Crippen LogP contribution in [0.4, 0.5) is 0 Å². The second-order valence-corrected chi connectivity index (χ2v) is 3.24. The molecule has 1 unspecified atom stereocenters. The molecule has 1 rings (SSSR count). The van der Waals surface area contributed by atoms with E-state index < -0.39 is 0 Å². The minimum absolute atomic E-state index is 0.249. The number of carbonyl (C=O) groups is 1. The molecule has 1 aromatic rings. The average molecular weight is 212 g/mol. The number of hydrogen-bond acceptors (Lipinski definition) is 5. The van der Waals surface area contributed by atoms with Gasteiger partial charge in [-0.25, -0.2) is 0 Å². The number of carbonyl (C=O) groups excluding carboxylic acids is 1. The van der Waals surface area contributed by atoms with Gasteiger partial charge in [0.1, 0.15) is 6.04 Å². The lowest BCUT2D eigenvalue weighted by atomic mass is 10.3. The predicted octanol–water partition coefficient (Wildman–Crippen LogP) is -0.144. The van der Waals surface area contributed by atoms with Gasteiger partial charge in [-0.1, -0.05) is 5.21 Å². The summed E-state index contributed by atoms with van der Waals surface area (Å²) in [5.41, 5.74) is 0.800. The van der Waals surface area contributed by atoms with Crippen molar-refractivity contribution in [2.45, 2.75) is 26.4 Å². The Bertz CT molecular complexity index is 324. The molecular formula is C9H16N4O2. The molecule has 1 heterocycles. The van der Waals surface area contributed by atoms with Crippen LogP contribution in [0.5, 0.6) is 0 Å². The van der Waals surface area contributed by atoms with Crippen LogP contribution < -0.4 is 5.32 Å². The maximum Gasteiger partial charge on any atom is 0.322 e. The lowest BCUT2D eigenvalue weighted by molar-refractivity contribution is -0.145. The van der Waals surface area contributed by atoms with E-state index in [0.717, 1.165) is 5.69 Å². The van der Waals surface area contributed by atoms with Crippen LogP contribution in [0.2, 0.25) is 0 Å². The van der Waals surface area contributed by atoms with Crippen molar-refractivity contribution in [3.8, 4) is 0 Å². The largest absolute Gasteiger partial charge is 0.465 e. The Labute approximate surface area is 88.6 Å². The summed E-state index contributed by atoms with van der Waals surface area (Å²) in [7, 11) is 1.80. The fourth-order valence-corrected chi connectivity index (χ4v) is 1.08. The highest BCUT2D eigenvalue weighted by Gasteiger charge is 2.13. The standard InChI is InChI=1S/C9H16N4O2/c1-4-15-9(14)7(2)10-5-8-6-13(3)12-11-8/h6-7,10H,4-5H2,1-3H3. The first-order valence-electron chi connectivity index (χ1n) is 4.88. The molecule has 84 valence electrons. The van der Waals surface area contributed by atoms with Crippen LogP contribution in [0.1, 0.15) is 19.5 Å². The highest BCUT2D eigenvalue weighted by Crippen LogP contribution is 1.93. The van der Waals surface area contributed by atoms with Crippen molar-refractivity contribution in [2.75, 3.05) is 6.61 Å². The second-order valence-electron chi connectivity index (χ2n) is 3.24. The topological polar surface area (TPSA) is 69.0 Å². The van der Waals surface area contributed by atoms with Crippen LogP contribution >= 0.6 is 0 Å². The van der Waals surface area contributed by atoms with Crippen LogP contribution in [-0.2, 0) is 23.1 Å². The average Bonchev–Trinajstić information content (AvgIpc) is 2.61. The Morgan fingerprint density at radius 2 is 2.47 bits per heavy atom. The summed E-state index contributed by atoms with van der Waals surface area (Å²) in [5.74, 6) is -0.249. The lowest BCUT2D eigenvalue weighted by Crippen LogP contribution is -2.35. The minimum Gasteiger partial charge on any atom is -0.465 e. The van der Waals surface area contributed by atoms with E-state index in [-0.39, 0.29) is 12.0 Å². The highest BCUT2D eigenvalue weighted by atomic mass is 16.5. The first-order valence-corrected chi connectivity index (χ1v) is 4.88. The first kappa shape index (κ1) is 11.6. The van der Waals surface area contributed by atoms with Crippen LogP contribution in [-0.4, -0.2) is 33.6 Å². The molecule has 1 atom stereocenters. The number of nitrogens with one attached hydrogen (secondary N) is 1. The smallest absolute Gasteiger partial charge is 0.322 e. The SMILES string of the molecule is CCOC(=O)C(C)NCc1cn(C)nn1. The molecule has 0 fully saturated rings. The second kappa shape index (κ2) is 5.45.